The molecule has 0 amide bonds. The number of nitrogens with zero attached hydrogens (tertiary/aromatic N) is 5. The highest BCUT2D eigenvalue weighted by Crippen LogP contribution is 2.19. The van der Waals surface area contributed by atoms with Gasteiger partial charge in [0.2, 0.25) is 5.88 Å². The summed E-state index contributed by atoms with van der Waals surface area (Å²) in [7, 11) is 0. The SMILES string of the molecule is O=c1[nH]c(O)c(/C=c2\cnn3c(=NC4CCN(CCO)CC4)cc(Nc4cccc(Cl)c4)nc23)[nH]1. The Morgan fingerprint density at radius 1 is 1.26 bits per heavy atom. The number of likely N-dealkylation sites (tertiary alicyclic amines) is 1. The maximum atomic E-state index is 11.5. The molecule has 0 atom stereocenters. The predicted octanol–water partition coefficient (Wildman–Crippen LogP) is 0.753. The zero-order valence-corrected chi connectivity index (χ0v) is 19.5. The molecule has 4 aromatic rings. The summed E-state index contributed by atoms with van der Waals surface area (Å²) in [6.07, 6.45) is 4.96. The third-order valence-corrected chi connectivity index (χ3v) is 6.14. The molecule has 0 saturated carbocycles. The number of piperidine rings is 1. The zero-order chi connectivity index (χ0) is 24.4. The normalized spacial score (nSPS) is 16.4. The third kappa shape index (κ3) is 5.21. The molecule has 3 aromatic heterocycles. The van der Waals surface area contributed by atoms with Crippen molar-refractivity contribution in [2.45, 2.75) is 18.9 Å². The van der Waals surface area contributed by atoms with E-state index in [-0.39, 0.29) is 24.2 Å². The molecule has 1 aliphatic heterocycles. The summed E-state index contributed by atoms with van der Waals surface area (Å²) in [6.45, 7) is 2.57. The molecule has 1 aliphatic rings. The number of benzene rings is 1. The van der Waals surface area contributed by atoms with E-state index in [9.17, 15) is 15.0 Å². The maximum absolute atomic E-state index is 11.5. The maximum Gasteiger partial charge on any atom is 0.326 e. The third-order valence-electron chi connectivity index (χ3n) is 5.90. The number of fused-ring (bicyclic) bond motifs is 1. The van der Waals surface area contributed by atoms with Gasteiger partial charge in [0.15, 0.2) is 11.1 Å². The molecule has 0 bridgehead atoms. The first-order valence-electron chi connectivity index (χ1n) is 11.3. The van der Waals surface area contributed by atoms with Crippen LogP contribution in [0.15, 0.2) is 46.3 Å². The minimum absolute atomic E-state index is 0.108. The molecular formula is C23H25ClN8O3. The van der Waals surface area contributed by atoms with Gasteiger partial charge in [0, 0.05) is 41.6 Å². The van der Waals surface area contributed by atoms with Crippen molar-refractivity contribution >= 4 is 34.8 Å². The molecule has 5 N–H and O–H groups in total. The Labute approximate surface area is 204 Å². The van der Waals surface area contributed by atoms with Gasteiger partial charge in [-0.3, -0.25) is 9.98 Å². The van der Waals surface area contributed by atoms with Gasteiger partial charge in [-0.25, -0.2) is 9.78 Å². The molecule has 0 aliphatic carbocycles. The van der Waals surface area contributed by atoms with Gasteiger partial charge in [-0.1, -0.05) is 17.7 Å². The van der Waals surface area contributed by atoms with Crippen LogP contribution >= 0.6 is 11.6 Å². The Bertz CT molecular complexity index is 1520. The van der Waals surface area contributed by atoms with Crippen LogP contribution in [0.2, 0.25) is 5.02 Å². The van der Waals surface area contributed by atoms with Gasteiger partial charge in [0.05, 0.1) is 18.8 Å². The lowest BCUT2D eigenvalue weighted by Gasteiger charge is -2.29. The van der Waals surface area contributed by atoms with Crippen molar-refractivity contribution in [1.29, 1.82) is 0 Å². The topological polar surface area (TPSA) is 147 Å². The predicted molar refractivity (Wildman–Crippen MR) is 132 cm³/mol. The average molecular weight is 497 g/mol. The molecule has 12 heteroatoms. The number of β-amino-alcohol motifs (C(OH)–C–C–N with tert-alkyl or cyclic N) is 1. The van der Waals surface area contributed by atoms with Crippen molar-refractivity contribution in [3.63, 3.8) is 0 Å². The van der Waals surface area contributed by atoms with Crippen molar-refractivity contribution in [1.82, 2.24) is 29.5 Å². The summed E-state index contributed by atoms with van der Waals surface area (Å²) in [5.41, 5.74) is 1.64. The average Bonchev–Trinajstić information content (AvgIpc) is 3.37. The highest BCUT2D eigenvalue weighted by molar-refractivity contribution is 6.30. The minimum Gasteiger partial charge on any atom is -0.493 e. The fraction of sp³-hybridized carbons (Fsp3) is 0.304. The van der Waals surface area contributed by atoms with E-state index in [1.165, 1.54) is 0 Å². The van der Waals surface area contributed by atoms with E-state index in [1.54, 1.807) is 28.9 Å². The quantitative estimate of drug-likeness (QED) is 0.264. The van der Waals surface area contributed by atoms with E-state index < -0.39 is 5.69 Å². The Morgan fingerprint density at radius 3 is 2.80 bits per heavy atom. The van der Waals surface area contributed by atoms with Crippen LogP contribution in [0.25, 0.3) is 11.7 Å². The number of aromatic nitrogens is 5. The molecule has 1 aromatic carbocycles. The molecule has 0 unspecified atom stereocenters. The van der Waals surface area contributed by atoms with Crippen molar-refractivity contribution in [3.8, 4) is 5.88 Å². The Kier molecular flexibility index (Phi) is 6.53. The van der Waals surface area contributed by atoms with Crippen molar-refractivity contribution in [2.75, 3.05) is 31.6 Å². The van der Waals surface area contributed by atoms with Crippen LogP contribution in [-0.4, -0.2) is 72.0 Å². The van der Waals surface area contributed by atoms with Crippen molar-refractivity contribution in [3.05, 3.63) is 68.4 Å². The lowest BCUT2D eigenvalue weighted by molar-refractivity contribution is 0.164. The summed E-state index contributed by atoms with van der Waals surface area (Å²) >= 11 is 6.14. The number of H-pyrrole nitrogens is 2. The van der Waals surface area contributed by atoms with Gasteiger partial charge < -0.3 is 25.4 Å². The van der Waals surface area contributed by atoms with E-state index in [0.29, 0.717) is 33.7 Å². The van der Waals surface area contributed by atoms with Crippen molar-refractivity contribution in [2.24, 2.45) is 4.99 Å². The lowest BCUT2D eigenvalue weighted by Crippen LogP contribution is -2.38. The number of nitrogens with one attached hydrogen (secondary N) is 3. The van der Waals surface area contributed by atoms with Gasteiger partial charge in [-0.2, -0.15) is 9.61 Å². The molecule has 11 nitrogen and oxygen atoms in total. The first kappa shape index (κ1) is 23.1. The van der Waals surface area contributed by atoms with Crippen LogP contribution in [0, 0.1) is 0 Å². The minimum atomic E-state index is -0.510. The van der Waals surface area contributed by atoms with E-state index >= 15 is 0 Å². The molecule has 0 radical (unpaired) electrons. The highest BCUT2D eigenvalue weighted by Gasteiger charge is 2.18. The van der Waals surface area contributed by atoms with Gasteiger partial charge in [-0.05, 0) is 37.1 Å². The summed E-state index contributed by atoms with van der Waals surface area (Å²) in [6, 6.07) is 9.26. The van der Waals surface area contributed by atoms with E-state index in [0.717, 1.165) is 31.6 Å². The van der Waals surface area contributed by atoms with Gasteiger partial charge in [0.1, 0.15) is 11.5 Å². The van der Waals surface area contributed by atoms with Crippen LogP contribution in [0.4, 0.5) is 11.5 Å². The number of hydrogen-bond donors (Lipinski definition) is 5. The fourth-order valence-electron chi connectivity index (χ4n) is 4.18. The lowest BCUT2D eigenvalue weighted by atomic mass is 10.1. The van der Waals surface area contributed by atoms with Crippen LogP contribution in [0.3, 0.4) is 0 Å². The van der Waals surface area contributed by atoms with Crippen LogP contribution in [0.1, 0.15) is 18.5 Å². The first-order valence-corrected chi connectivity index (χ1v) is 11.7. The Balaban J connectivity index is 1.59. The summed E-state index contributed by atoms with van der Waals surface area (Å²) in [5, 5.41) is 28.1. The summed E-state index contributed by atoms with van der Waals surface area (Å²) in [5.74, 6) is 0.292. The molecular weight excluding hydrogens is 472 g/mol. The largest absolute Gasteiger partial charge is 0.493 e. The molecule has 0 spiro atoms. The number of anilines is 2. The number of aromatic amines is 2. The number of imidazole rings is 1. The smallest absolute Gasteiger partial charge is 0.326 e. The van der Waals surface area contributed by atoms with Gasteiger partial charge >= 0.3 is 5.69 Å². The molecule has 1 saturated heterocycles. The fourth-order valence-corrected chi connectivity index (χ4v) is 4.37. The van der Waals surface area contributed by atoms with E-state index in [1.807, 2.05) is 18.2 Å². The number of aliphatic hydroxyl groups excluding tert-OH is 1. The van der Waals surface area contributed by atoms with Gasteiger partial charge in [-0.15, -0.1) is 0 Å². The van der Waals surface area contributed by atoms with Crippen LogP contribution < -0.4 is 21.7 Å². The molecule has 1 fully saturated rings. The molecule has 4 heterocycles. The van der Waals surface area contributed by atoms with E-state index in [2.05, 4.69) is 25.3 Å². The van der Waals surface area contributed by atoms with E-state index in [4.69, 9.17) is 21.6 Å². The monoisotopic (exact) mass is 496 g/mol. The molecule has 182 valence electrons. The molecule has 5 rings (SSSR count). The number of hydrogen-bond acceptors (Lipinski definition) is 8. The highest BCUT2D eigenvalue weighted by atomic mass is 35.5. The zero-order valence-electron chi connectivity index (χ0n) is 18.8. The standard InChI is InChI=1S/C23H25ClN8O3/c24-15-2-1-3-17(11-15)26-19-12-20(27-16-4-6-31(7-5-16)8-9-33)32-21(29-19)14(13-25-32)10-18-22(34)30-23(35)28-18/h1-3,10-13,16,26,33-34H,4-9H2,(H2,28,30,35)/b14-10+,27-20?. The number of aromatic hydroxyl groups is 1. The number of aliphatic hydroxyl groups is 1. The Hall–Kier alpha value is -3.67. The number of rotatable bonds is 6. The van der Waals surface area contributed by atoms with Gasteiger partial charge in [0.25, 0.3) is 0 Å². The van der Waals surface area contributed by atoms with Crippen LogP contribution in [-0.2, 0) is 0 Å². The summed E-state index contributed by atoms with van der Waals surface area (Å²) < 4.78 is 1.65. The summed E-state index contributed by atoms with van der Waals surface area (Å²) in [4.78, 5) is 28.3. The second-order valence-electron chi connectivity index (χ2n) is 8.38. The first-order chi connectivity index (χ1) is 17.0. The second-order valence-corrected chi connectivity index (χ2v) is 8.82. The van der Waals surface area contributed by atoms with Crippen LogP contribution in [0.5, 0.6) is 5.88 Å². The second kappa shape index (κ2) is 9.90. The van der Waals surface area contributed by atoms with Crippen molar-refractivity contribution < 1.29 is 10.2 Å². The molecule has 35 heavy (non-hydrogen) atoms. The number of halogens is 1. The Morgan fingerprint density at radius 2 is 2.09 bits per heavy atom.